The van der Waals surface area contributed by atoms with E-state index < -0.39 is 0 Å². The molecule has 3 heterocycles. The fourth-order valence-corrected chi connectivity index (χ4v) is 4.45. The Kier molecular flexibility index (Phi) is 9.80. The fourth-order valence-electron chi connectivity index (χ4n) is 4.45. The molecule has 176 valence electrons. The summed E-state index contributed by atoms with van der Waals surface area (Å²) in [6.45, 7) is 11.5. The molecule has 2 aliphatic rings. The van der Waals surface area contributed by atoms with E-state index in [4.69, 9.17) is 14.3 Å². The number of aromatic nitrogens is 1. The maximum Gasteiger partial charge on any atom is 0.194 e. The molecule has 8 heteroatoms. The van der Waals surface area contributed by atoms with Crippen LogP contribution in [-0.2, 0) is 11.3 Å². The van der Waals surface area contributed by atoms with Gasteiger partial charge in [0.1, 0.15) is 6.26 Å². The van der Waals surface area contributed by atoms with Gasteiger partial charge < -0.3 is 19.5 Å². The van der Waals surface area contributed by atoms with Crippen LogP contribution in [0.4, 0.5) is 0 Å². The molecule has 1 aromatic heterocycles. The summed E-state index contributed by atoms with van der Waals surface area (Å²) in [5.41, 5.74) is 3.55. The van der Waals surface area contributed by atoms with E-state index in [1.165, 1.54) is 11.1 Å². The SMILES string of the molecule is CCNC(=NCC1CCCOC1c1ccc(C)cc1)N1CCN(Cc2ccon2)CC1.I. The second-order valence-electron chi connectivity index (χ2n) is 8.55. The molecule has 0 radical (unpaired) electrons. The highest BCUT2D eigenvalue weighted by Gasteiger charge is 2.28. The van der Waals surface area contributed by atoms with E-state index in [9.17, 15) is 0 Å². The lowest BCUT2D eigenvalue weighted by Crippen LogP contribution is -2.52. The number of aryl methyl sites for hydroxylation is 1. The number of hydrogen-bond acceptors (Lipinski definition) is 5. The zero-order valence-electron chi connectivity index (χ0n) is 19.2. The maximum absolute atomic E-state index is 6.19. The minimum Gasteiger partial charge on any atom is -0.373 e. The average molecular weight is 553 g/mol. The fraction of sp³-hybridized carbons (Fsp3) is 0.583. The molecule has 0 amide bonds. The predicted molar refractivity (Wildman–Crippen MR) is 137 cm³/mol. The standard InChI is InChI=1S/C24H35N5O2.HI/c1-3-25-24(29-13-11-28(12-14-29)18-22-10-16-31-27-22)26-17-21-5-4-15-30-23(21)20-8-6-19(2)7-9-20;/h6-10,16,21,23H,3-5,11-15,17-18H2,1-2H3,(H,25,26);1H. The highest BCUT2D eigenvalue weighted by Crippen LogP contribution is 2.34. The van der Waals surface area contributed by atoms with Crippen molar-refractivity contribution in [2.45, 2.75) is 39.3 Å². The quantitative estimate of drug-likeness (QED) is 0.333. The maximum atomic E-state index is 6.19. The Balaban J connectivity index is 0.00000289. The Morgan fingerprint density at radius 3 is 2.62 bits per heavy atom. The Hall–Kier alpha value is -1.65. The summed E-state index contributed by atoms with van der Waals surface area (Å²) in [7, 11) is 0. The van der Waals surface area contributed by atoms with Crippen molar-refractivity contribution in [2.75, 3.05) is 45.9 Å². The predicted octanol–water partition coefficient (Wildman–Crippen LogP) is 3.85. The van der Waals surface area contributed by atoms with Gasteiger partial charge in [-0.1, -0.05) is 35.0 Å². The van der Waals surface area contributed by atoms with E-state index in [1.807, 2.05) is 6.07 Å². The monoisotopic (exact) mass is 553 g/mol. The summed E-state index contributed by atoms with van der Waals surface area (Å²) in [4.78, 5) is 9.86. The van der Waals surface area contributed by atoms with Gasteiger partial charge in [0.15, 0.2) is 5.96 Å². The molecule has 2 atom stereocenters. The molecule has 1 N–H and O–H groups in total. The first-order valence-electron chi connectivity index (χ1n) is 11.6. The number of ether oxygens (including phenoxy) is 1. The van der Waals surface area contributed by atoms with Crippen LogP contribution in [0.3, 0.4) is 0 Å². The number of guanidine groups is 1. The first kappa shape index (κ1) is 25.0. The molecule has 4 rings (SSSR count). The summed E-state index contributed by atoms with van der Waals surface area (Å²) < 4.78 is 11.2. The summed E-state index contributed by atoms with van der Waals surface area (Å²) in [5.74, 6) is 1.44. The van der Waals surface area contributed by atoms with Gasteiger partial charge in [-0.05, 0) is 32.3 Å². The third kappa shape index (κ3) is 6.68. The molecule has 0 bridgehead atoms. The molecule has 2 aromatic rings. The van der Waals surface area contributed by atoms with E-state index >= 15 is 0 Å². The molecule has 7 nitrogen and oxygen atoms in total. The van der Waals surface area contributed by atoms with E-state index in [2.05, 4.69) is 58.4 Å². The first-order chi connectivity index (χ1) is 15.2. The van der Waals surface area contributed by atoms with Gasteiger partial charge in [-0.25, -0.2) is 0 Å². The lowest BCUT2D eigenvalue weighted by Gasteiger charge is -2.36. The Morgan fingerprint density at radius 2 is 1.94 bits per heavy atom. The van der Waals surface area contributed by atoms with Crippen molar-refractivity contribution in [1.29, 1.82) is 0 Å². The number of nitrogens with zero attached hydrogens (tertiary/aromatic N) is 4. The van der Waals surface area contributed by atoms with Crippen molar-refractivity contribution in [3.8, 4) is 0 Å². The van der Waals surface area contributed by atoms with Gasteiger partial charge >= 0.3 is 0 Å². The minimum absolute atomic E-state index is 0. The van der Waals surface area contributed by atoms with Gasteiger partial charge in [-0.15, -0.1) is 24.0 Å². The summed E-state index contributed by atoms with van der Waals surface area (Å²) in [6, 6.07) is 10.7. The summed E-state index contributed by atoms with van der Waals surface area (Å²) >= 11 is 0. The molecule has 2 unspecified atom stereocenters. The van der Waals surface area contributed by atoms with Crippen LogP contribution in [0.15, 0.2) is 46.1 Å². The highest BCUT2D eigenvalue weighted by atomic mass is 127. The van der Waals surface area contributed by atoms with Crippen LogP contribution in [-0.4, -0.2) is 66.8 Å². The molecule has 1 aromatic carbocycles. The normalized spacial score (nSPS) is 22.4. The third-order valence-electron chi connectivity index (χ3n) is 6.21. The van der Waals surface area contributed by atoms with Crippen molar-refractivity contribution < 1.29 is 9.26 Å². The second-order valence-corrected chi connectivity index (χ2v) is 8.55. The molecular formula is C24H36IN5O2. The topological polar surface area (TPSA) is 66.1 Å². The lowest BCUT2D eigenvalue weighted by molar-refractivity contribution is -0.0251. The Bertz CT molecular complexity index is 819. The highest BCUT2D eigenvalue weighted by molar-refractivity contribution is 14.0. The minimum atomic E-state index is 0. The number of rotatable bonds is 6. The molecular weight excluding hydrogens is 517 g/mol. The molecule has 0 spiro atoms. The van der Waals surface area contributed by atoms with Crippen LogP contribution in [0.25, 0.3) is 0 Å². The molecule has 0 aliphatic carbocycles. The van der Waals surface area contributed by atoms with Crippen molar-refractivity contribution in [3.63, 3.8) is 0 Å². The van der Waals surface area contributed by atoms with Crippen LogP contribution in [0.1, 0.15) is 42.7 Å². The van der Waals surface area contributed by atoms with Gasteiger partial charge in [0, 0.05) is 64.4 Å². The van der Waals surface area contributed by atoms with Crippen LogP contribution < -0.4 is 5.32 Å². The second kappa shape index (κ2) is 12.6. The number of hydrogen-bond donors (Lipinski definition) is 1. The summed E-state index contributed by atoms with van der Waals surface area (Å²) in [5, 5.41) is 7.54. The van der Waals surface area contributed by atoms with E-state index in [-0.39, 0.29) is 30.1 Å². The summed E-state index contributed by atoms with van der Waals surface area (Å²) in [6.07, 6.45) is 4.05. The zero-order chi connectivity index (χ0) is 21.5. The molecule has 2 saturated heterocycles. The van der Waals surface area contributed by atoms with E-state index in [0.29, 0.717) is 5.92 Å². The molecule has 2 aliphatic heterocycles. The molecule has 0 saturated carbocycles. The number of nitrogens with one attached hydrogen (secondary N) is 1. The third-order valence-corrected chi connectivity index (χ3v) is 6.21. The van der Waals surface area contributed by atoms with E-state index in [0.717, 1.165) is 76.9 Å². The first-order valence-corrected chi connectivity index (χ1v) is 11.6. The largest absolute Gasteiger partial charge is 0.373 e. The van der Waals surface area contributed by atoms with Gasteiger partial charge in [-0.2, -0.15) is 0 Å². The zero-order valence-corrected chi connectivity index (χ0v) is 21.5. The van der Waals surface area contributed by atoms with Gasteiger partial charge in [-0.3, -0.25) is 9.89 Å². The van der Waals surface area contributed by atoms with Crippen LogP contribution in [0.5, 0.6) is 0 Å². The van der Waals surface area contributed by atoms with Gasteiger partial charge in [0.25, 0.3) is 0 Å². The number of halogens is 1. The van der Waals surface area contributed by atoms with Gasteiger partial charge in [0.05, 0.1) is 11.8 Å². The van der Waals surface area contributed by atoms with Crippen molar-refractivity contribution in [2.24, 2.45) is 10.9 Å². The number of aliphatic imine (C=N–C) groups is 1. The molecule has 2 fully saturated rings. The smallest absolute Gasteiger partial charge is 0.194 e. The molecule has 32 heavy (non-hydrogen) atoms. The van der Waals surface area contributed by atoms with Crippen molar-refractivity contribution in [1.82, 2.24) is 20.3 Å². The Labute approximate surface area is 208 Å². The van der Waals surface area contributed by atoms with Crippen molar-refractivity contribution >= 4 is 29.9 Å². The van der Waals surface area contributed by atoms with Crippen LogP contribution in [0, 0.1) is 12.8 Å². The number of benzene rings is 1. The average Bonchev–Trinajstić information content (AvgIpc) is 3.31. The van der Waals surface area contributed by atoms with Gasteiger partial charge in [0.2, 0.25) is 0 Å². The van der Waals surface area contributed by atoms with Crippen LogP contribution in [0.2, 0.25) is 0 Å². The lowest BCUT2D eigenvalue weighted by atomic mass is 9.89. The van der Waals surface area contributed by atoms with Crippen LogP contribution >= 0.6 is 24.0 Å². The van der Waals surface area contributed by atoms with Crippen molar-refractivity contribution in [3.05, 3.63) is 53.4 Å². The Morgan fingerprint density at radius 1 is 1.16 bits per heavy atom. The number of piperazine rings is 1. The van der Waals surface area contributed by atoms with E-state index in [1.54, 1.807) is 6.26 Å².